The largest absolute Gasteiger partial charge is 0.465 e. The summed E-state index contributed by atoms with van der Waals surface area (Å²) in [6.45, 7) is 5.98. The number of rotatable bonds is 3. The van der Waals surface area contributed by atoms with Gasteiger partial charge in [0.25, 0.3) is 0 Å². The van der Waals surface area contributed by atoms with Gasteiger partial charge in [-0.2, -0.15) is 0 Å². The van der Waals surface area contributed by atoms with E-state index in [1.54, 1.807) is 7.05 Å². The van der Waals surface area contributed by atoms with Crippen LogP contribution in [0.15, 0.2) is 24.3 Å². The van der Waals surface area contributed by atoms with E-state index in [0.717, 1.165) is 17.5 Å². The molecule has 1 aromatic rings. The Kier molecular flexibility index (Phi) is 3.58. The van der Waals surface area contributed by atoms with Gasteiger partial charge in [-0.05, 0) is 31.4 Å². The van der Waals surface area contributed by atoms with Crippen molar-refractivity contribution < 1.29 is 9.90 Å². The number of amides is 1. The molecule has 0 saturated carbocycles. The van der Waals surface area contributed by atoms with Crippen LogP contribution in [-0.2, 0) is 5.54 Å². The second kappa shape index (κ2) is 4.56. The Morgan fingerprint density at radius 2 is 2.00 bits per heavy atom. The molecular weight excluding hydrogens is 202 g/mol. The number of hydrogen-bond donors (Lipinski definition) is 1. The van der Waals surface area contributed by atoms with Crippen LogP contribution in [-0.4, -0.2) is 23.1 Å². The molecule has 0 spiro atoms. The fourth-order valence-corrected chi connectivity index (χ4v) is 2.00. The molecule has 0 aliphatic carbocycles. The summed E-state index contributed by atoms with van der Waals surface area (Å²) in [6, 6.07) is 7.93. The summed E-state index contributed by atoms with van der Waals surface area (Å²) < 4.78 is 0. The van der Waals surface area contributed by atoms with Crippen molar-refractivity contribution in [1.82, 2.24) is 4.90 Å². The van der Waals surface area contributed by atoms with Crippen molar-refractivity contribution in [2.24, 2.45) is 0 Å². The summed E-state index contributed by atoms with van der Waals surface area (Å²) in [7, 11) is 1.62. The molecule has 1 unspecified atom stereocenters. The Bertz CT molecular complexity index is 389. The number of aryl methyl sites for hydroxylation is 1. The van der Waals surface area contributed by atoms with E-state index < -0.39 is 11.6 Å². The van der Waals surface area contributed by atoms with Gasteiger partial charge in [-0.3, -0.25) is 0 Å². The Morgan fingerprint density at radius 1 is 1.44 bits per heavy atom. The highest BCUT2D eigenvalue weighted by Gasteiger charge is 2.33. The Balaban J connectivity index is 3.25. The smallest absolute Gasteiger partial charge is 0.407 e. The van der Waals surface area contributed by atoms with Crippen LogP contribution in [0.4, 0.5) is 4.79 Å². The average molecular weight is 221 g/mol. The molecule has 1 N–H and O–H groups in total. The van der Waals surface area contributed by atoms with Gasteiger partial charge in [0.15, 0.2) is 0 Å². The van der Waals surface area contributed by atoms with Gasteiger partial charge in [-0.1, -0.05) is 31.2 Å². The molecule has 88 valence electrons. The number of carboxylic acid groups (broad SMARTS) is 1. The van der Waals surface area contributed by atoms with Crippen LogP contribution in [0.3, 0.4) is 0 Å². The van der Waals surface area contributed by atoms with Crippen LogP contribution in [0.5, 0.6) is 0 Å². The first-order chi connectivity index (χ1) is 7.43. The van der Waals surface area contributed by atoms with Gasteiger partial charge in [-0.15, -0.1) is 0 Å². The van der Waals surface area contributed by atoms with Crippen molar-refractivity contribution in [2.45, 2.75) is 32.7 Å². The minimum absolute atomic E-state index is 0.461. The van der Waals surface area contributed by atoms with Gasteiger partial charge >= 0.3 is 6.09 Å². The summed E-state index contributed by atoms with van der Waals surface area (Å²) in [5.74, 6) is 0. The molecule has 0 heterocycles. The van der Waals surface area contributed by atoms with Crippen LogP contribution in [0.1, 0.15) is 31.4 Å². The molecule has 0 aromatic heterocycles. The first kappa shape index (κ1) is 12.6. The fraction of sp³-hybridized carbons (Fsp3) is 0.462. The third-order valence-electron chi connectivity index (χ3n) is 3.44. The van der Waals surface area contributed by atoms with Gasteiger partial charge in [0.1, 0.15) is 0 Å². The summed E-state index contributed by atoms with van der Waals surface area (Å²) in [5, 5.41) is 9.13. The van der Waals surface area contributed by atoms with E-state index in [0.29, 0.717) is 0 Å². The highest BCUT2D eigenvalue weighted by molar-refractivity contribution is 5.66. The Labute approximate surface area is 96.7 Å². The molecule has 0 radical (unpaired) electrons. The second-order valence-electron chi connectivity index (χ2n) is 4.28. The maximum atomic E-state index is 11.1. The van der Waals surface area contributed by atoms with Gasteiger partial charge < -0.3 is 10.0 Å². The molecule has 16 heavy (non-hydrogen) atoms. The molecule has 1 amide bonds. The summed E-state index contributed by atoms with van der Waals surface area (Å²) in [6.07, 6.45) is -0.145. The van der Waals surface area contributed by atoms with E-state index in [9.17, 15) is 4.79 Å². The third-order valence-corrected chi connectivity index (χ3v) is 3.44. The van der Waals surface area contributed by atoms with Crippen molar-refractivity contribution >= 4 is 6.09 Å². The fourth-order valence-electron chi connectivity index (χ4n) is 2.00. The van der Waals surface area contributed by atoms with Crippen molar-refractivity contribution in [3.05, 3.63) is 35.4 Å². The second-order valence-corrected chi connectivity index (χ2v) is 4.28. The van der Waals surface area contributed by atoms with E-state index in [-0.39, 0.29) is 0 Å². The lowest BCUT2D eigenvalue weighted by Gasteiger charge is -2.37. The van der Waals surface area contributed by atoms with Crippen LogP contribution >= 0.6 is 0 Å². The van der Waals surface area contributed by atoms with Gasteiger partial charge in [-0.25, -0.2) is 4.79 Å². The van der Waals surface area contributed by atoms with Crippen LogP contribution in [0.2, 0.25) is 0 Å². The first-order valence-electron chi connectivity index (χ1n) is 5.46. The number of hydrogen-bond acceptors (Lipinski definition) is 1. The van der Waals surface area contributed by atoms with Gasteiger partial charge in [0.2, 0.25) is 0 Å². The van der Waals surface area contributed by atoms with Crippen molar-refractivity contribution in [3.8, 4) is 0 Å². The van der Waals surface area contributed by atoms with Crippen molar-refractivity contribution in [2.75, 3.05) is 7.05 Å². The van der Waals surface area contributed by atoms with Crippen molar-refractivity contribution in [1.29, 1.82) is 0 Å². The lowest BCUT2D eigenvalue weighted by molar-refractivity contribution is 0.0981. The maximum Gasteiger partial charge on any atom is 0.407 e. The molecule has 0 aliphatic rings. The molecule has 1 aromatic carbocycles. The number of nitrogens with zero attached hydrogens (tertiary/aromatic N) is 1. The molecule has 3 heteroatoms. The number of benzene rings is 1. The Morgan fingerprint density at radius 3 is 2.44 bits per heavy atom. The molecule has 1 rings (SSSR count). The molecule has 0 saturated heterocycles. The van der Waals surface area contributed by atoms with Gasteiger partial charge in [0.05, 0.1) is 5.54 Å². The third kappa shape index (κ3) is 2.03. The van der Waals surface area contributed by atoms with Crippen molar-refractivity contribution in [3.63, 3.8) is 0 Å². The first-order valence-corrected chi connectivity index (χ1v) is 5.46. The van der Waals surface area contributed by atoms with Crippen LogP contribution in [0.25, 0.3) is 0 Å². The van der Waals surface area contributed by atoms with E-state index >= 15 is 0 Å². The van der Waals surface area contributed by atoms with E-state index in [4.69, 9.17) is 5.11 Å². The highest BCUT2D eigenvalue weighted by Crippen LogP contribution is 2.32. The molecule has 1 atom stereocenters. The Hall–Kier alpha value is -1.51. The number of carbonyl (C=O) groups is 1. The molecule has 0 fully saturated rings. The lowest BCUT2D eigenvalue weighted by Crippen LogP contribution is -2.44. The lowest BCUT2D eigenvalue weighted by atomic mass is 9.85. The summed E-state index contributed by atoms with van der Waals surface area (Å²) in [5.41, 5.74) is 1.74. The average Bonchev–Trinajstić information content (AvgIpc) is 2.27. The van der Waals surface area contributed by atoms with E-state index in [1.165, 1.54) is 4.90 Å². The minimum Gasteiger partial charge on any atom is -0.465 e. The minimum atomic E-state index is -0.896. The predicted molar refractivity (Wildman–Crippen MR) is 64.6 cm³/mol. The van der Waals surface area contributed by atoms with E-state index in [1.807, 2.05) is 45.0 Å². The molecule has 0 bridgehead atoms. The van der Waals surface area contributed by atoms with Crippen LogP contribution < -0.4 is 0 Å². The summed E-state index contributed by atoms with van der Waals surface area (Å²) >= 11 is 0. The van der Waals surface area contributed by atoms with Crippen LogP contribution in [0, 0.1) is 6.92 Å². The topological polar surface area (TPSA) is 40.5 Å². The zero-order valence-electron chi connectivity index (χ0n) is 10.3. The molecular formula is C13H19NO2. The summed E-state index contributed by atoms with van der Waals surface area (Å²) in [4.78, 5) is 12.5. The SMILES string of the molecule is CCC(C)(c1ccccc1C)N(C)C(=O)O. The quantitative estimate of drug-likeness (QED) is 0.851. The monoisotopic (exact) mass is 221 g/mol. The zero-order chi connectivity index (χ0) is 12.3. The predicted octanol–water partition coefficient (Wildman–Crippen LogP) is 3.23. The van der Waals surface area contributed by atoms with Gasteiger partial charge in [0, 0.05) is 7.05 Å². The molecule has 3 nitrogen and oxygen atoms in total. The highest BCUT2D eigenvalue weighted by atomic mass is 16.4. The normalized spacial score (nSPS) is 14.2. The molecule has 0 aliphatic heterocycles. The maximum absolute atomic E-state index is 11.1. The van der Waals surface area contributed by atoms with E-state index in [2.05, 4.69) is 0 Å². The standard InChI is InChI=1S/C13H19NO2/c1-5-13(3,14(4)12(15)16)11-9-7-6-8-10(11)2/h6-9H,5H2,1-4H3,(H,15,16). The zero-order valence-corrected chi connectivity index (χ0v) is 10.3.